The predicted octanol–water partition coefficient (Wildman–Crippen LogP) is 3.14. The van der Waals surface area contributed by atoms with Gasteiger partial charge >= 0.3 is 0 Å². The second-order valence-corrected chi connectivity index (χ2v) is 7.10. The maximum atomic E-state index is 12.3. The second kappa shape index (κ2) is 7.21. The molecule has 0 aliphatic heterocycles. The largest absolute Gasteiger partial charge is 0.493 e. The van der Waals surface area contributed by atoms with E-state index in [1.165, 1.54) is 13.2 Å². The van der Waals surface area contributed by atoms with Gasteiger partial charge in [-0.15, -0.1) is 0 Å². The van der Waals surface area contributed by atoms with Gasteiger partial charge in [0, 0.05) is 11.6 Å². The molecule has 124 valence electrons. The molecule has 0 amide bonds. The Bertz CT molecular complexity index is 806. The molecule has 0 aliphatic carbocycles. The van der Waals surface area contributed by atoms with Gasteiger partial charge in [-0.3, -0.25) is 0 Å². The summed E-state index contributed by atoms with van der Waals surface area (Å²) in [5.74, 6) is 1.14. The summed E-state index contributed by atoms with van der Waals surface area (Å²) in [5, 5.41) is 0.531. The topological polar surface area (TPSA) is 64.6 Å². The van der Waals surface area contributed by atoms with Gasteiger partial charge in [0.2, 0.25) is 10.0 Å². The lowest BCUT2D eigenvalue weighted by atomic mass is 10.2. The average molecular weight is 356 g/mol. The minimum atomic E-state index is -3.61. The third kappa shape index (κ3) is 4.16. The van der Waals surface area contributed by atoms with Crippen molar-refractivity contribution in [1.29, 1.82) is 0 Å². The third-order valence-electron chi connectivity index (χ3n) is 3.35. The summed E-state index contributed by atoms with van der Waals surface area (Å²) in [4.78, 5) is 0.180. The number of rotatable bonds is 6. The van der Waals surface area contributed by atoms with Crippen molar-refractivity contribution >= 4 is 21.6 Å². The Balaban J connectivity index is 2.17. The van der Waals surface area contributed by atoms with Crippen molar-refractivity contribution < 1.29 is 17.9 Å². The number of benzene rings is 2. The highest BCUT2D eigenvalue weighted by atomic mass is 35.5. The van der Waals surface area contributed by atoms with Crippen LogP contribution >= 0.6 is 11.6 Å². The van der Waals surface area contributed by atoms with E-state index in [0.717, 1.165) is 5.56 Å². The minimum Gasteiger partial charge on any atom is -0.493 e. The fourth-order valence-electron chi connectivity index (χ4n) is 2.04. The molecule has 0 atom stereocenters. The molecule has 0 fully saturated rings. The molecule has 0 radical (unpaired) electrons. The quantitative estimate of drug-likeness (QED) is 0.864. The van der Waals surface area contributed by atoms with Crippen LogP contribution in [0.1, 0.15) is 11.1 Å². The summed E-state index contributed by atoms with van der Waals surface area (Å²) < 4.78 is 37.6. The van der Waals surface area contributed by atoms with Crippen molar-refractivity contribution in [2.24, 2.45) is 0 Å². The molecule has 23 heavy (non-hydrogen) atoms. The highest BCUT2D eigenvalue weighted by molar-refractivity contribution is 7.89. The molecule has 7 heteroatoms. The zero-order chi connectivity index (χ0) is 17.0. The molecule has 2 aromatic rings. The molecular weight excluding hydrogens is 338 g/mol. The van der Waals surface area contributed by atoms with Crippen LogP contribution in [0.25, 0.3) is 0 Å². The van der Waals surface area contributed by atoms with Crippen molar-refractivity contribution in [3.63, 3.8) is 0 Å². The molecule has 0 unspecified atom stereocenters. The van der Waals surface area contributed by atoms with Crippen LogP contribution < -0.4 is 14.2 Å². The SMILES string of the molecule is COc1ccc(CNS(=O)(=O)c2ccc(Cl)c(C)c2)cc1OC. The summed E-state index contributed by atoms with van der Waals surface area (Å²) in [5.41, 5.74) is 1.47. The van der Waals surface area contributed by atoms with Crippen LogP contribution in [0.15, 0.2) is 41.3 Å². The van der Waals surface area contributed by atoms with Crippen LogP contribution in [0, 0.1) is 6.92 Å². The van der Waals surface area contributed by atoms with E-state index >= 15 is 0 Å². The maximum absolute atomic E-state index is 12.3. The smallest absolute Gasteiger partial charge is 0.240 e. The lowest BCUT2D eigenvalue weighted by molar-refractivity contribution is 0.354. The van der Waals surface area contributed by atoms with Gasteiger partial charge in [0.15, 0.2) is 11.5 Å². The Morgan fingerprint density at radius 2 is 1.74 bits per heavy atom. The molecule has 2 aromatic carbocycles. The number of hydrogen-bond acceptors (Lipinski definition) is 4. The highest BCUT2D eigenvalue weighted by Crippen LogP contribution is 2.27. The highest BCUT2D eigenvalue weighted by Gasteiger charge is 2.15. The Morgan fingerprint density at radius 1 is 1.04 bits per heavy atom. The van der Waals surface area contributed by atoms with Crippen molar-refractivity contribution in [2.75, 3.05) is 14.2 Å². The minimum absolute atomic E-state index is 0.143. The molecule has 0 saturated heterocycles. The Kier molecular flexibility index (Phi) is 5.51. The fourth-order valence-corrected chi connectivity index (χ4v) is 3.26. The Hall–Kier alpha value is -1.76. The number of methoxy groups -OCH3 is 2. The predicted molar refractivity (Wildman–Crippen MR) is 89.8 cm³/mol. The van der Waals surface area contributed by atoms with Crippen LogP contribution in [0.2, 0.25) is 5.02 Å². The monoisotopic (exact) mass is 355 g/mol. The fraction of sp³-hybridized carbons (Fsp3) is 0.250. The number of aryl methyl sites for hydroxylation is 1. The van der Waals surface area contributed by atoms with E-state index in [1.807, 2.05) is 0 Å². The van der Waals surface area contributed by atoms with Crippen molar-refractivity contribution in [1.82, 2.24) is 4.72 Å². The molecule has 0 bridgehead atoms. The summed E-state index contributed by atoms with van der Waals surface area (Å²) in [6.07, 6.45) is 0. The first-order valence-corrected chi connectivity index (χ1v) is 8.70. The molecule has 5 nitrogen and oxygen atoms in total. The van der Waals surface area contributed by atoms with Gasteiger partial charge in [-0.25, -0.2) is 13.1 Å². The van der Waals surface area contributed by atoms with Crippen molar-refractivity contribution in [3.05, 3.63) is 52.5 Å². The Labute approximate surface area is 141 Å². The molecule has 1 N–H and O–H groups in total. The summed E-state index contributed by atoms with van der Waals surface area (Å²) in [7, 11) is -0.539. The number of halogens is 1. The van der Waals surface area contributed by atoms with Crippen molar-refractivity contribution in [2.45, 2.75) is 18.4 Å². The Morgan fingerprint density at radius 3 is 2.35 bits per heavy atom. The van der Waals surface area contributed by atoms with Crippen molar-refractivity contribution in [3.8, 4) is 11.5 Å². The van der Waals surface area contributed by atoms with Gasteiger partial charge in [0.05, 0.1) is 19.1 Å². The van der Waals surface area contributed by atoms with E-state index in [-0.39, 0.29) is 11.4 Å². The van der Waals surface area contributed by atoms with E-state index < -0.39 is 10.0 Å². The van der Waals surface area contributed by atoms with Gasteiger partial charge in [-0.1, -0.05) is 17.7 Å². The molecule has 0 aliphatic rings. The average Bonchev–Trinajstić information content (AvgIpc) is 2.55. The number of hydrogen-bond donors (Lipinski definition) is 1. The first-order chi connectivity index (χ1) is 10.9. The van der Waals surface area contributed by atoms with Gasteiger partial charge < -0.3 is 9.47 Å². The van der Waals surface area contributed by atoms with Gasteiger partial charge in [-0.05, 0) is 48.4 Å². The normalized spacial score (nSPS) is 11.3. The third-order valence-corrected chi connectivity index (χ3v) is 5.18. The van der Waals surface area contributed by atoms with E-state index in [1.54, 1.807) is 44.4 Å². The summed E-state index contributed by atoms with van der Waals surface area (Å²) in [6.45, 7) is 1.90. The lowest BCUT2D eigenvalue weighted by Crippen LogP contribution is -2.23. The van der Waals surface area contributed by atoms with Crippen LogP contribution in [0.3, 0.4) is 0 Å². The van der Waals surface area contributed by atoms with Crippen LogP contribution in [-0.2, 0) is 16.6 Å². The van der Waals surface area contributed by atoms with Crippen LogP contribution in [-0.4, -0.2) is 22.6 Å². The zero-order valence-corrected chi connectivity index (χ0v) is 14.7. The molecule has 0 aromatic heterocycles. The number of nitrogens with one attached hydrogen (secondary N) is 1. The standard InChI is InChI=1S/C16H18ClNO4S/c1-11-8-13(5-6-14(11)17)23(19,20)18-10-12-4-7-15(21-2)16(9-12)22-3/h4-9,18H,10H2,1-3H3. The summed E-state index contributed by atoms with van der Waals surface area (Å²) in [6, 6.07) is 9.83. The lowest BCUT2D eigenvalue weighted by Gasteiger charge is -2.11. The molecule has 0 saturated carbocycles. The molecule has 0 spiro atoms. The second-order valence-electron chi connectivity index (χ2n) is 4.92. The molecule has 2 rings (SSSR count). The maximum Gasteiger partial charge on any atom is 0.240 e. The molecule has 0 heterocycles. The number of sulfonamides is 1. The van der Waals surface area contributed by atoms with E-state index in [4.69, 9.17) is 21.1 Å². The van der Waals surface area contributed by atoms with E-state index in [2.05, 4.69) is 4.72 Å². The number of ether oxygens (including phenoxy) is 2. The molecular formula is C16H18ClNO4S. The summed E-state index contributed by atoms with van der Waals surface area (Å²) >= 11 is 5.92. The first-order valence-electron chi connectivity index (χ1n) is 6.84. The van der Waals surface area contributed by atoms with Crippen LogP contribution in [0.5, 0.6) is 11.5 Å². The van der Waals surface area contributed by atoms with Crippen LogP contribution in [0.4, 0.5) is 0 Å². The van der Waals surface area contributed by atoms with E-state index in [0.29, 0.717) is 22.1 Å². The van der Waals surface area contributed by atoms with Gasteiger partial charge in [0.25, 0.3) is 0 Å². The van der Waals surface area contributed by atoms with Gasteiger partial charge in [-0.2, -0.15) is 0 Å². The zero-order valence-electron chi connectivity index (χ0n) is 13.1. The first kappa shape index (κ1) is 17.6. The van der Waals surface area contributed by atoms with Gasteiger partial charge in [0.1, 0.15) is 0 Å². The van der Waals surface area contributed by atoms with E-state index in [9.17, 15) is 8.42 Å².